The average Bonchev–Trinajstić information content (AvgIpc) is 2.53. The quantitative estimate of drug-likeness (QED) is 0.874. The Labute approximate surface area is 120 Å². The largest absolute Gasteiger partial charge is 0.482 e. The first-order valence-corrected chi connectivity index (χ1v) is 7.16. The molecule has 0 radical (unpaired) electrons. The molecule has 3 heteroatoms. The summed E-state index contributed by atoms with van der Waals surface area (Å²) in [6.45, 7) is 4.19. The number of nitrogens with two attached hydrogens (primary N) is 1. The van der Waals surface area contributed by atoms with Gasteiger partial charge in [0.25, 0.3) is 0 Å². The molecule has 0 saturated carbocycles. The fraction of sp³-hybridized carbons (Fsp3) is 0.353. The second-order valence-electron chi connectivity index (χ2n) is 4.87. The Morgan fingerprint density at radius 2 is 2.00 bits per heavy atom. The van der Waals surface area contributed by atoms with Crippen LogP contribution in [0, 0.1) is 0 Å². The van der Waals surface area contributed by atoms with Crippen LogP contribution in [0.25, 0.3) is 0 Å². The third kappa shape index (κ3) is 3.58. The Morgan fingerprint density at radius 1 is 1.15 bits per heavy atom. The first kappa shape index (κ1) is 14.5. The molecule has 0 amide bonds. The Kier molecular flexibility index (Phi) is 5.13. The van der Waals surface area contributed by atoms with Gasteiger partial charge in [0, 0.05) is 12.2 Å². The van der Waals surface area contributed by atoms with Gasteiger partial charge in [0.1, 0.15) is 5.75 Å². The van der Waals surface area contributed by atoms with Gasteiger partial charge in [-0.3, -0.25) is 4.98 Å². The van der Waals surface area contributed by atoms with Gasteiger partial charge in [0.15, 0.2) is 6.10 Å². The van der Waals surface area contributed by atoms with Crippen LogP contribution < -0.4 is 10.5 Å². The fourth-order valence-electron chi connectivity index (χ4n) is 2.11. The molecule has 2 unspecified atom stereocenters. The zero-order valence-corrected chi connectivity index (χ0v) is 12.1. The van der Waals surface area contributed by atoms with Crippen molar-refractivity contribution in [2.45, 2.75) is 38.8 Å². The molecule has 1 aromatic heterocycles. The summed E-state index contributed by atoms with van der Waals surface area (Å²) in [5, 5.41) is 0. The number of nitrogens with zero attached hydrogens (tertiary/aromatic N) is 1. The van der Waals surface area contributed by atoms with Crippen LogP contribution in [0.2, 0.25) is 0 Å². The summed E-state index contributed by atoms with van der Waals surface area (Å²) in [4.78, 5) is 4.38. The van der Waals surface area contributed by atoms with Crippen LogP contribution in [0.1, 0.15) is 37.6 Å². The topological polar surface area (TPSA) is 48.1 Å². The molecule has 1 heterocycles. The lowest BCUT2D eigenvalue weighted by Gasteiger charge is -2.24. The van der Waals surface area contributed by atoms with Crippen LogP contribution >= 0.6 is 0 Å². The first-order valence-electron chi connectivity index (χ1n) is 7.16. The number of ether oxygens (including phenoxy) is 1. The lowest BCUT2D eigenvalue weighted by molar-refractivity contribution is 0.166. The van der Waals surface area contributed by atoms with Crippen molar-refractivity contribution in [1.29, 1.82) is 0 Å². The summed E-state index contributed by atoms with van der Waals surface area (Å²) < 4.78 is 6.11. The molecule has 0 saturated heterocycles. The third-order valence-corrected chi connectivity index (χ3v) is 3.41. The minimum absolute atomic E-state index is 0.0739. The van der Waals surface area contributed by atoms with E-state index in [2.05, 4.69) is 31.0 Å². The molecule has 0 spiro atoms. The van der Waals surface area contributed by atoms with E-state index < -0.39 is 0 Å². The molecule has 2 aromatic rings. The molecule has 20 heavy (non-hydrogen) atoms. The van der Waals surface area contributed by atoms with Crippen LogP contribution in [-0.4, -0.2) is 11.0 Å². The van der Waals surface area contributed by atoms with Crippen LogP contribution in [-0.2, 0) is 6.42 Å². The SMILES string of the molecule is CCc1cccc(OC(c2ccccn2)C(N)CC)c1. The van der Waals surface area contributed by atoms with E-state index in [0.29, 0.717) is 0 Å². The Bertz CT molecular complexity index is 528. The predicted molar refractivity (Wildman–Crippen MR) is 81.7 cm³/mol. The van der Waals surface area contributed by atoms with Crippen LogP contribution in [0.4, 0.5) is 0 Å². The number of aryl methyl sites for hydroxylation is 1. The lowest BCUT2D eigenvalue weighted by Crippen LogP contribution is -2.32. The van der Waals surface area contributed by atoms with Gasteiger partial charge >= 0.3 is 0 Å². The predicted octanol–water partition coefficient (Wildman–Crippen LogP) is 3.50. The maximum absolute atomic E-state index is 6.20. The summed E-state index contributed by atoms with van der Waals surface area (Å²) in [6.07, 6.45) is 3.39. The van der Waals surface area contributed by atoms with E-state index in [1.807, 2.05) is 30.3 Å². The highest BCUT2D eigenvalue weighted by molar-refractivity contribution is 5.29. The van der Waals surface area contributed by atoms with E-state index in [1.54, 1.807) is 6.20 Å². The van der Waals surface area contributed by atoms with Crippen molar-refractivity contribution in [3.05, 3.63) is 59.9 Å². The molecular formula is C17H22N2O. The van der Waals surface area contributed by atoms with Crippen molar-refractivity contribution in [3.63, 3.8) is 0 Å². The summed E-state index contributed by atoms with van der Waals surface area (Å²) >= 11 is 0. The number of rotatable bonds is 6. The maximum Gasteiger partial charge on any atom is 0.155 e. The molecule has 3 nitrogen and oxygen atoms in total. The monoisotopic (exact) mass is 270 g/mol. The molecule has 2 N–H and O–H groups in total. The summed E-state index contributed by atoms with van der Waals surface area (Å²) in [5.74, 6) is 0.851. The van der Waals surface area contributed by atoms with Crippen molar-refractivity contribution in [2.75, 3.05) is 0 Å². The van der Waals surface area contributed by atoms with E-state index in [-0.39, 0.29) is 12.1 Å². The average molecular weight is 270 g/mol. The van der Waals surface area contributed by atoms with Gasteiger partial charge in [-0.1, -0.05) is 32.0 Å². The van der Waals surface area contributed by atoms with Gasteiger partial charge in [-0.05, 0) is 42.7 Å². The van der Waals surface area contributed by atoms with Crippen LogP contribution in [0.15, 0.2) is 48.7 Å². The minimum atomic E-state index is -0.215. The number of hydrogen-bond donors (Lipinski definition) is 1. The smallest absolute Gasteiger partial charge is 0.155 e. The van der Waals surface area contributed by atoms with E-state index in [1.165, 1.54) is 5.56 Å². The maximum atomic E-state index is 6.20. The van der Waals surface area contributed by atoms with Gasteiger partial charge in [-0.25, -0.2) is 0 Å². The molecule has 0 aliphatic heterocycles. The number of aromatic nitrogens is 1. The fourth-order valence-corrected chi connectivity index (χ4v) is 2.11. The van der Waals surface area contributed by atoms with Crippen molar-refractivity contribution >= 4 is 0 Å². The Hall–Kier alpha value is -1.87. The Morgan fingerprint density at radius 3 is 2.65 bits per heavy atom. The van der Waals surface area contributed by atoms with Crippen molar-refractivity contribution < 1.29 is 4.74 Å². The normalized spacial score (nSPS) is 13.8. The molecule has 106 valence electrons. The molecule has 0 bridgehead atoms. The van der Waals surface area contributed by atoms with Crippen molar-refractivity contribution in [1.82, 2.24) is 4.98 Å². The van der Waals surface area contributed by atoms with Gasteiger partial charge in [-0.15, -0.1) is 0 Å². The van der Waals surface area contributed by atoms with Gasteiger partial charge in [0.2, 0.25) is 0 Å². The second kappa shape index (κ2) is 7.06. The molecular weight excluding hydrogens is 248 g/mol. The molecule has 1 aromatic carbocycles. The first-order chi connectivity index (χ1) is 9.74. The standard InChI is InChI=1S/C17H22N2O/c1-3-13-8-7-9-14(12-13)20-17(15(18)4-2)16-10-5-6-11-19-16/h5-12,15,17H,3-4,18H2,1-2H3. The van der Waals surface area contributed by atoms with Gasteiger partial charge < -0.3 is 10.5 Å². The van der Waals surface area contributed by atoms with E-state index in [9.17, 15) is 0 Å². The van der Waals surface area contributed by atoms with Crippen molar-refractivity contribution in [3.8, 4) is 5.75 Å². The van der Waals surface area contributed by atoms with E-state index >= 15 is 0 Å². The third-order valence-electron chi connectivity index (χ3n) is 3.41. The summed E-state index contributed by atoms with van der Waals surface area (Å²) in [6, 6.07) is 13.9. The van der Waals surface area contributed by atoms with E-state index in [0.717, 1.165) is 24.3 Å². The van der Waals surface area contributed by atoms with Crippen LogP contribution in [0.5, 0.6) is 5.75 Å². The highest BCUT2D eigenvalue weighted by atomic mass is 16.5. The molecule has 0 aliphatic rings. The summed E-state index contributed by atoms with van der Waals surface area (Å²) in [7, 11) is 0. The van der Waals surface area contributed by atoms with Crippen LogP contribution in [0.3, 0.4) is 0 Å². The number of benzene rings is 1. The molecule has 2 rings (SSSR count). The second-order valence-corrected chi connectivity index (χ2v) is 4.87. The number of pyridine rings is 1. The highest BCUT2D eigenvalue weighted by Gasteiger charge is 2.21. The highest BCUT2D eigenvalue weighted by Crippen LogP contribution is 2.25. The summed E-state index contributed by atoms with van der Waals surface area (Å²) in [5.41, 5.74) is 8.34. The molecule has 2 atom stereocenters. The molecule has 0 aliphatic carbocycles. The Balaban J connectivity index is 2.24. The van der Waals surface area contributed by atoms with Crippen molar-refractivity contribution in [2.24, 2.45) is 5.73 Å². The zero-order chi connectivity index (χ0) is 14.4. The zero-order valence-electron chi connectivity index (χ0n) is 12.1. The van der Waals surface area contributed by atoms with Gasteiger partial charge in [0.05, 0.1) is 5.69 Å². The minimum Gasteiger partial charge on any atom is -0.482 e. The number of hydrogen-bond acceptors (Lipinski definition) is 3. The van der Waals surface area contributed by atoms with Gasteiger partial charge in [-0.2, -0.15) is 0 Å². The molecule has 0 fully saturated rings. The lowest BCUT2D eigenvalue weighted by atomic mass is 10.1. The van der Waals surface area contributed by atoms with E-state index in [4.69, 9.17) is 10.5 Å².